The van der Waals surface area contributed by atoms with Gasteiger partial charge in [-0.25, -0.2) is 8.42 Å². The van der Waals surface area contributed by atoms with E-state index in [0.717, 1.165) is 0 Å². The van der Waals surface area contributed by atoms with Gasteiger partial charge in [-0.05, 0) is 37.6 Å². The molecule has 0 fully saturated rings. The van der Waals surface area contributed by atoms with Crippen LogP contribution in [0.4, 0.5) is 0 Å². The molecule has 0 heterocycles. The lowest BCUT2D eigenvalue weighted by atomic mass is 10.1. The smallest absolute Gasteiger partial charge is 0.182 e. The number of benzene rings is 1. The molecule has 0 spiro atoms. The second-order valence-corrected chi connectivity index (χ2v) is 6.27. The Morgan fingerprint density at radius 2 is 2.12 bits per heavy atom. The molecule has 16 heavy (non-hydrogen) atoms. The van der Waals surface area contributed by atoms with Gasteiger partial charge in [0.25, 0.3) is 0 Å². The van der Waals surface area contributed by atoms with E-state index in [4.69, 9.17) is 16.9 Å². The van der Waals surface area contributed by atoms with Crippen LogP contribution in [-0.2, 0) is 9.84 Å². The molecule has 0 radical (unpaired) electrons. The van der Waals surface area contributed by atoms with E-state index in [-0.39, 0.29) is 10.8 Å². The zero-order valence-corrected chi connectivity index (χ0v) is 10.6. The lowest BCUT2D eigenvalue weighted by molar-refractivity contribution is 0.588. The molecular weight excluding hydrogens is 246 g/mol. The maximum Gasteiger partial charge on any atom is 0.182 e. The maximum atomic E-state index is 11.9. The van der Waals surface area contributed by atoms with E-state index in [1.165, 1.54) is 18.2 Å². The molecule has 1 unspecified atom stereocenters. The van der Waals surface area contributed by atoms with Gasteiger partial charge in [-0.3, -0.25) is 0 Å². The Balaban J connectivity index is 3.27. The molecule has 5 heteroatoms. The van der Waals surface area contributed by atoms with Crippen LogP contribution in [0.15, 0.2) is 23.1 Å². The van der Waals surface area contributed by atoms with E-state index < -0.39 is 15.1 Å². The zero-order chi connectivity index (χ0) is 12.3. The van der Waals surface area contributed by atoms with Crippen LogP contribution in [0.2, 0.25) is 0 Å². The highest BCUT2D eigenvalue weighted by Gasteiger charge is 2.22. The van der Waals surface area contributed by atoms with Gasteiger partial charge in [0.05, 0.1) is 21.8 Å². The van der Waals surface area contributed by atoms with Crippen LogP contribution in [0, 0.1) is 18.3 Å². The normalized spacial score (nSPS) is 13.1. The highest BCUT2D eigenvalue weighted by molar-refractivity contribution is 7.92. The average molecular weight is 258 g/mol. The van der Waals surface area contributed by atoms with E-state index in [9.17, 15) is 8.42 Å². The molecular formula is C11H12ClNO2S. The van der Waals surface area contributed by atoms with Gasteiger partial charge in [0.15, 0.2) is 9.84 Å². The monoisotopic (exact) mass is 257 g/mol. The Labute approximate surface area is 101 Å². The van der Waals surface area contributed by atoms with Crippen LogP contribution in [0.1, 0.15) is 18.1 Å². The van der Waals surface area contributed by atoms with Crippen LogP contribution in [0.3, 0.4) is 0 Å². The number of nitriles is 1. The first-order valence-electron chi connectivity index (χ1n) is 4.74. The van der Waals surface area contributed by atoms with E-state index in [1.807, 2.05) is 6.07 Å². The third-order valence-electron chi connectivity index (χ3n) is 2.39. The topological polar surface area (TPSA) is 57.9 Å². The molecule has 0 amide bonds. The molecule has 0 bridgehead atoms. The van der Waals surface area contributed by atoms with Crippen LogP contribution in [-0.4, -0.2) is 19.5 Å². The molecule has 0 aliphatic carbocycles. The molecule has 1 aromatic rings. The first kappa shape index (κ1) is 13.0. The Hall–Kier alpha value is -1.05. The van der Waals surface area contributed by atoms with Gasteiger partial charge >= 0.3 is 0 Å². The second-order valence-electron chi connectivity index (χ2n) is 3.60. The number of aryl methyl sites for hydroxylation is 1. The van der Waals surface area contributed by atoms with Crippen molar-refractivity contribution in [2.24, 2.45) is 0 Å². The van der Waals surface area contributed by atoms with Gasteiger partial charge in [-0.1, -0.05) is 0 Å². The van der Waals surface area contributed by atoms with E-state index >= 15 is 0 Å². The molecule has 0 aliphatic heterocycles. The third kappa shape index (κ3) is 2.37. The summed E-state index contributed by atoms with van der Waals surface area (Å²) < 4.78 is 23.9. The van der Waals surface area contributed by atoms with E-state index in [2.05, 4.69) is 0 Å². The Kier molecular flexibility index (Phi) is 3.95. The molecule has 0 N–H and O–H groups in total. The van der Waals surface area contributed by atoms with Gasteiger partial charge in [0.1, 0.15) is 0 Å². The molecule has 1 aromatic carbocycles. The first-order valence-corrected chi connectivity index (χ1v) is 6.82. The van der Waals surface area contributed by atoms with Crippen molar-refractivity contribution in [3.63, 3.8) is 0 Å². The number of halogens is 1. The van der Waals surface area contributed by atoms with Crippen LogP contribution in [0.25, 0.3) is 0 Å². The molecule has 0 aliphatic rings. The predicted octanol–water partition coefficient (Wildman–Crippen LogP) is 2.27. The van der Waals surface area contributed by atoms with E-state index in [0.29, 0.717) is 11.1 Å². The van der Waals surface area contributed by atoms with Crippen molar-refractivity contribution in [3.8, 4) is 6.07 Å². The first-order chi connectivity index (χ1) is 7.43. The number of nitrogens with zero attached hydrogens (tertiary/aromatic N) is 1. The quantitative estimate of drug-likeness (QED) is 0.781. The van der Waals surface area contributed by atoms with Gasteiger partial charge in [-0.15, -0.1) is 11.6 Å². The predicted molar refractivity (Wildman–Crippen MR) is 63.3 cm³/mol. The largest absolute Gasteiger partial charge is 0.223 e. The van der Waals surface area contributed by atoms with Gasteiger partial charge < -0.3 is 0 Å². The van der Waals surface area contributed by atoms with Gasteiger partial charge in [0, 0.05) is 5.88 Å². The minimum Gasteiger partial charge on any atom is -0.223 e. The summed E-state index contributed by atoms with van der Waals surface area (Å²) in [6, 6.07) is 6.47. The molecule has 0 saturated heterocycles. The summed E-state index contributed by atoms with van der Waals surface area (Å²) in [7, 11) is -3.38. The number of hydrogen-bond donors (Lipinski definition) is 0. The fourth-order valence-corrected chi connectivity index (χ4v) is 2.98. The molecule has 1 atom stereocenters. The fourth-order valence-electron chi connectivity index (χ4n) is 1.25. The minimum atomic E-state index is -3.38. The van der Waals surface area contributed by atoms with Crippen molar-refractivity contribution in [2.75, 3.05) is 5.88 Å². The van der Waals surface area contributed by atoms with Gasteiger partial charge in [-0.2, -0.15) is 5.26 Å². The number of rotatable bonds is 3. The van der Waals surface area contributed by atoms with Crippen molar-refractivity contribution in [3.05, 3.63) is 29.3 Å². The van der Waals surface area contributed by atoms with E-state index in [1.54, 1.807) is 13.8 Å². The van der Waals surface area contributed by atoms with Crippen LogP contribution in [0.5, 0.6) is 0 Å². The SMILES string of the molecule is Cc1cc(S(=O)(=O)C(C)CCl)ccc1C#N. The summed E-state index contributed by atoms with van der Waals surface area (Å²) in [6.45, 7) is 3.28. The standard InChI is InChI=1S/C11H12ClNO2S/c1-8-5-11(4-3-10(8)7-13)16(14,15)9(2)6-12/h3-5,9H,6H2,1-2H3. The summed E-state index contributed by atoms with van der Waals surface area (Å²) in [6.07, 6.45) is 0. The van der Waals surface area contributed by atoms with Crippen LogP contribution >= 0.6 is 11.6 Å². The summed E-state index contributed by atoms with van der Waals surface area (Å²) in [5.74, 6) is 0.0569. The molecule has 0 aromatic heterocycles. The number of alkyl halides is 1. The number of sulfone groups is 1. The molecule has 86 valence electrons. The summed E-state index contributed by atoms with van der Waals surface area (Å²) >= 11 is 5.55. The Morgan fingerprint density at radius 1 is 1.50 bits per heavy atom. The zero-order valence-electron chi connectivity index (χ0n) is 9.07. The Morgan fingerprint density at radius 3 is 2.56 bits per heavy atom. The summed E-state index contributed by atoms with van der Waals surface area (Å²) in [4.78, 5) is 0.220. The highest BCUT2D eigenvalue weighted by Crippen LogP contribution is 2.20. The van der Waals surface area contributed by atoms with Gasteiger partial charge in [0.2, 0.25) is 0 Å². The van der Waals surface area contributed by atoms with Crippen molar-refractivity contribution >= 4 is 21.4 Å². The Bertz CT molecular complexity index is 531. The van der Waals surface area contributed by atoms with Crippen molar-refractivity contribution < 1.29 is 8.42 Å². The van der Waals surface area contributed by atoms with Crippen LogP contribution < -0.4 is 0 Å². The van der Waals surface area contributed by atoms with Crippen molar-refractivity contribution in [2.45, 2.75) is 24.0 Å². The lowest BCUT2D eigenvalue weighted by Gasteiger charge is -2.10. The second kappa shape index (κ2) is 4.86. The molecule has 0 saturated carbocycles. The molecule has 1 rings (SSSR count). The maximum absolute atomic E-state index is 11.9. The summed E-state index contributed by atoms with van der Waals surface area (Å²) in [5, 5.41) is 8.12. The fraction of sp³-hybridized carbons (Fsp3) is 0.364. The molecule has 3 nitrogen and oxygen atoms in total. The van der Waals surface area contributed by atoms with Crippen molar-refractivity contribution in [1.29, 1.82) is 5.26 Å². The summed E-state index contributed by atoms with van der Waals surface area (Å²) in [5.41, 5.74) is 1.14. The average Bonchev–Trinajstić information content (AvgIpc) is 2.27. The third-order valence-corrected chi connectivity index (χ3v) is 5.18. The van der Waals surface area contributed by atoms with Crippen molar-refractivity contribution in [1.82, 2.24) is 0 Å². The number of hydrogen-bond acceptors (Lipinski definition) is 3. The minimum absolute atomic E-state index is 0.0569. The lowest BCUT2D eigenvalue weighted by Crippen LogP contribution is -2.19. The highest BCUT2D eigenvalue weighted by atomic mass is 35.5.